The average molecular weight is 365 g/mol. The molecule has 1 aliphatic rings. The summed E-state index contributed by atoms with van der Waals surface area (Å²) < 4.78 is 7.16. The molecule has 0 aromatic carbocycles. The number of aliphatic hydroxyl groups is 2. The van der Waals surface area contributed by atoms with Crippen LogP contribution in [0.2, 0.25) is 0 Å². The average Bonchev–Trinajstić information content (AvgIpc) is 2.61. The van der Waals surface area contributed by atoms with Crippen LogP contribution in [-0.4, -0.2) is 38.6 Å². The number of ether oxygens (including phenoxy) is 1. The molecule has 98 valence electrons. The zero-order valence-corrected chi connectivity index (χ0v) is 11.4. The molecule has 2 rings (SSSR count). The second-order valence-electron chi connectivity index (χ2n) is 3.89. The highest BCUT2D eigenvalue weighted by Crippen LogP contribution is 2.32. The summed E-state index contributed by atoms with van der Waals surface area (Å²) in [6.45, 7) is 3.32. The van der Waals surface area contributed by atoms with Crippen LogP contribution in [0.25, 0.3) is 0 Å². The van der Waals surface area contributed by atoms with Crippen molar-refractivity contribution in [2.45, 2.75) is 18.4 Å². The third-order valence-corrected chi connectivity index (χ3v) is 3.55. The largest absolute Gasteiger partial charge is 0.394 e. The van der Waals surface area contributed by atoms with Gasteiger partial charge < -0.3 is 20.7 Å². The van der Waals surface area contributed by atoms with E-state index in [1.54, 1.807) is 0 Å². The number of aromatic nitrogens is 2. The van der Waals surface area contributed by atoms with Gasteiger partial charge in [0.1, 0.15) is 18.0 Å². The molecule has 0 radical (unpaired) electrons. The molecule has 1 saturated heterocycles. The Kier molecular flexibility index (Phi) is 3.71. The van der Waals surface area contributed by atoms with Gasteiger partial charge in [-0.05, 0) is 22.6 Å². The Bertz CT molecular complexity index is 544. The van der Waals surface area contributed by atoms with Gasteiger partial charge in [-0.2, -0.15) is 4.98 Å². The third kappa shape index (κ3) is 2.16. The Morgan fingerprint density at radius 1 is 1.67 bits per heavy atom. The number of nitrogens with two attached hydrogens (primary N) is 1. The zero-order chi connectivity index (χ0) is 13.4. The first-order valence-electron chi connectivity index (χ1n) is 5.13. The molecule has 0 aliphatic carbocycles. The number of hydrogen-bond acceptors (Lipinski definition) is 6. The van der Waals surface area contributed by atoms with E-state index in [1.807, 2.05) is 22.6 Å². The predicted molar refractivity (Wildman–Crippen MR) is 71.8 cm³/mol. The third-order valence-electron chi connectivity index (χ3n) is 2.72. The fourth-order valence-electron chi connectivity index (χ4n) is 1.72. The topological polar surface area (TPSA) is 111 Å². The summed E-state index contributed by atoms with van der Waals surface area (Å²) in [5.41, 5.74) is 5.23. The lowest BCUT2D eigenvalue weighted by atomic mass is 10.1. The number of nitrogen functional groups attached to an aromatic ring is 1. The molecule has 1 aromatic rings. The van der Waals surface area contributed by atoms with Crippen LogP contribution in [0.5, 0.6) is 0 Å². The number of hydrogen-bond donors (Lipinski definition) is 3. The van der Waals surface area contributed by atoms with Gasteiger partial charge in [-0.3, -0.25) is 4.57 Å². The van der Waals surface area contributed by atoms with Crippen LogP contribution in [0, 0.1) is 3.57 Å². The molecule has 1 aliphatic heterocycles. The number of anilines is 1. The fraction of sp³-hybridized carbons (Fsp3) is 0.400. The molecule has 4 N–H and O–H groups in total. The van der Waals surface area contributed by atoms with Crippen molar-refractivity contribution >= 4 is 28.4 Å². The van der Waals surface area contributed by atoms with Crippen molar-refractivity contribution in [2.75, 3.05) is 12.3 Å². The van der Waals surface area contributed by atoms with E-state index in [-0.39, 0.29) is 12.4 Å². The summed E-state index contributed by atoms with van der Waals surface area (Å²) in [4.78, 5) is 15.4. The molecule has 2 heterocycles. The molecule has 0 unspecified atom stereocenters. The van der Waals surface area contributed by atoms with Crippen molar-refractivity contribution in [3.63, 3.8) is 0 Å². The van der Waals surface area contributed by atoms with Crippen molar-refractivity contribution in [3.05, 3.63) is 32.4 Å². The van der Waals surface area contributed by atoms with E-state index in [2.05, 4.69) is 11.6 Å². The summed E-state index contributed by atoms with van der Waals surface area (Å²) in [5, 5.41) is 18.8. The van der Waals surface area contributed by atoms with Crippen molar-refractivity contribution in [2.24, 2.45) is 0 Å². The Labute approximate surface area is 116 Å². The molecule has 1 fully saturated rings. The maximum atomic E-state index is 11.7. The highest BCUT2D eigenvalue weighted by Gasteiger charge is 2.38. The lowest BCUT2D eigenvalue weighted by Gasteiger charge is -2.15. The van der Waals surface area contributed by atoms with Crippen molar-refractivity contribution < 1.29 is 14.9 Å². The lowest BCUT2D eigenvalue weighted by molar-refractivity contribution is -0.0447. The van der Waals surface area contributed by atoms with Crippen molar-refractivity contribution in [3.8, 4) is 0 Å². The van der Waals surface area contributed by atoms with Crippen LogP contribution in [0.15, 0.2) is 23.1 Å². The Hall–Kier alpha value is -0.970. The van der Waals surface area contributed by atoms with Crippen LogP contribution in [0.4, 0.5) is 5.82 Å². The summed E-state index contributed by atoms with van der Waals surface area (Å²) in [6.07, 6.45) is -1.16. The van der Waals surface area contributed by atoms with E-state index in [1.165, 1.54) is 10.8 Å². The standard InChI is InChI=1S/C10H12IN3O4/c1-4-7(16)6(3-15)18-9(4)14-2-5(11)8(12)13-10(14)17/h2,6-7,9,15-16H,1,3H2,(H2,12,13,17)/t6-,7+,9-/m1/s1. The van der Waals surface area contributed by atoms with E-state index < -0.39 is 24.1 Å². The highest BCUT2D eigenvalue weighted by molar-refractivity contribution is 14.1. The molecule has 0 spiro atoms. The van der Waals surface area contributed by atoms with Gasteiger partial charge in [0.05, 0.1) is 10.2 Å². The van der Waals surface area contributed by atoms with E-state index in [9.17, 15) is 9.90 Å². The van der Waals surface area contributed by atoms with Crippen LogP contribution in [0.1, 0.15) is 6.23 Å². The van der Waals surface area contributed by atoms with Gasteiger partial charge in [-0.1, -0.05) is 6.58 Å². The number of halogens is 1. The first-order valence-corrected chi connectivity index (χ1v) is 6.20. The normalized spacial score (nSPS) is 27.7. The smallest absolute Gasteiger partial charge is 0.351 e. The van der Waals surface area contributed by atoms with Gasteiger partial charge >= 0.3 is 5.69 Å². The molecule has 0 amide bonds. The first kappa shape index (κ1) is 13.5. The summed E-state index contributed by atoms with van der Waals surface area (Å²) in [7, 11) is 0. The number of nitrogens with zero attached hydrogens (tertiary/aromatic N) is 2. The molecular weight excluding hydrogens is 353 g/mol. The first-order chi connectivity index (χ1) is 8.45. The molecule has 3 atom stereocenters. The summed E-state index contributed by atoms with van der Waals surface area (Å²) in [6, 6.07) is 0. The molecule has 1 aromatic heterocycles. The Morgan fingerprint density at radius 2 is 2.33 bits per heavy atom. The zero-order valence-electron chi connectivity index (χ0n) is 9.28. The quantitative estimate of drug-likeness (QED) is 0.469. The number of rotatable bonds is 2. The molecule has 7 nitrogen and oxygen atoms in total. The second-order valence-corrected chi connectivity index (χ2v) is 5.06. The molecule has 18 heavy (non-hydrogen) atoms. The van der Waals surface area contributed by atoms with Crippen LogP contribution in [0.3, 0.4) is 0 Å². The summed E-state index contributed by atoms with van der Waals surface area (Å²) >= 11 is 1.94. The van der Waals surface area contributed by atoms with Crippen molar-refractivity contribution in [1.82, 2.24) is 9.55 Å². The second kappa shape index (κ2) is 4.96. The predicted octanol–water partition coefficient (Wildman–Crippen LogP) is -0.763. The van der Waals surface area contributed by atoms with Gasteiger partial charge in [-0.15, -0.1) is 0 Å². The van der Waals surface area contributed by atoms with E-state index in [4.69, 9.17) is 15.6 Å². The van der Waals surface area contributed by atoms with Gasteiger partial charge in [0.15, 0.2) is 6.23 Å². The lowest BCUT2D eigenvalue weighted by Crippen LogP contribution is -2.29. The Morgan fingerprint density at radius 3 is 2.89 bits per heavy atom. The highest BCUT2D eigenvalue weighted by atomic mass is 127. The van der Waals surface area contributed by atoms with Gasteiger partial charge in [-0.25, -0.2) is 4.79 Å². The van der Waals surface area contributed by atoms with Gasteiger partial charge in [0, 0.05) is 11.8 Å². The van der Waals surface area contributed by atoms with Crippen LogP contribution in [-0.2, 0) is 4.74 Å². The maximum absolute atomic E-state index is 11.7. The SMILES string of the molecule is C=C1[C@H](n2cc(I)c(N)nc2=O)O[C@H](CO)[C@H]1O. The van der Waals surface area contributed by atoms with Crippen molar-refractivity contribution in [1.29, 1.82) is 0 Å². The monoisotopic (exact) mass is 365 g/mol. The molecule has 8 heteroatoms. The van der Waals surface area contributed by atoms with E-state index in [0.717, 1.165) is 0 Å². The van der Waals surface area contributed by atoms with E-state index in [0.29, 0.717) is 9.14 Å². The van der Waals surface area contributed by atoms with Crippen LogP contribution < -0.4 is 11.4 Å². The Balaban J connectivity index is 2.42. The summed E-state index contributed by atoms with van der Waals surface area (Å²) in [5.74, 6) is 0.139. The molecule has 0 saturated carbocycles. The number of aliphatic hydroxyl groups excluding tert-OH is 2. The van der Waals surface area contributed by atoms with Crippen LogP contribution >= 0.6 is 22.6 Å². The fourth-order valence-corrected chi connectivity index (χ4v) is 2.15. The van der Waals surface area contributed by atoms with Gasteiger partial charge in [0.25, 0.3) is 0 Å². The molecular formula is C10H12IN3O4. The molecule has 0 bridgehead atoms. The maximum Gasteiger partial charge on any atom is 0.351 e. The minimum atomic E-state index is -1.01. The minimum Gasteiger partial charge on any atom is -0.394 e. The van der Waals surface area contributed by atoms with Gasteiger partial charge in [0.2, 0.25) is 0 Å². The van der Waals surface area contributed by atoms with E-state index >= 15 is 0 Å². The minimum absolute atomic E-state index is 0.139.